The number of carboxylic acids is 1. The van der Waals surface area contributed by atoms with Crippen LogP contribution in [0.25, 0.3) is 0 Å². The average Bonchev–Trinajstić information content (AvgIpc) is 2.56. The molecule has 7 heteroatoms. The number of hydrogen-bond donors (Lipinski definition) is 2. The summed E-state index contributed by atoms with van der Waals surface area (Å²) in [5.41, 5.74) is 0. The second kappa shape index (κ2) is 8.19. The summed E-state index contributed by atoms with van der Waals surface area (Å²) < 4.78 is 4.82. The number of aliphatic carboxylic acids is 1. The van der Waals surface area contributed by atoms with E-state index in [1.807, 2.05) is 11.8 Å². The molecule has 1 aliphatic heterocycles. The van der Waals surface area contributed by atoms with Gasteiger partial charge >= 0.3 is 12.0 Å². The predicted octanol–water partition coefficient (Wildman–Crippen LogP) is 0.236. The second-order valence-electron chi connectivity index (χ2n) is 3.63. The third-order valence-electron chi connectivity index (χ3n) is 2.26. The van der Waals surface area contributed by atoms with Crippen molar-refractivity contribution in [3.63, 3.8) is 0 Å². The van der Waals surface area contributed by atoms with E-state index in [1.54, 1.807) is 4.90 Å². The molecule has 0 bridgehead atoms. The molecule has 1 heterocycles. The van der Waals surface area contributed by atoms with Crippen LogP contribution in [0.2, 0.25) is 0 Å². The number of nitrogens with zero attached hydrogens (tertiary/aromatic N) is 1. The minimum Gasteiger partial charge on any atom is -0.480 e. The third-order valence-corrected chi connectivity index (χ3v) is 3.31. The van der Waals surface area contributed by atoms with Crippen molar-refractivity contribution < 1.29 is 19.4 Å². The number of carbonyl (C=O) groups excluding carboxylic acids is 1. The van der Waals surface area contributed by atoms with Gasteiger partial charge in [-0.2, -0.15) is 11.8 Å². The van der Waals surface area contributed by atoms with Gasteiger partial charge in [0.1, 0.15) is 6.61 Å². The minimum atomic E-state index is -0.999. The van der Waals surface area contributed by atoms with Crippen molar-refractivity contribution in [1.29, 1.82) is 0 Å². The maximum atomic E-state index is 11.7. The van der Waals surface area contributed by atoms with E-state index in [1.165, 1.54) is 0 Å². The van der Waals surface area contributed by atoms with Gasteiger partial charge in [-0.25, -0.2) is 9.59 Å². The molecule has 1 rings (SSSR count). The lowest BCUT2D eigenvalue weighted by Gasteiger charge is -2.20. The molecule has 0 spiro atoms. The molecule has 1 fully saturated rings. The first-order valence-corrected chi connectivity index (χ1v) is 6.75. The molecule has 0 aliphatic carbocycles. The maximum absolute atomic E-state index is 11.7. The van der Waals surface area contributed by atoms with Gasteiger partial charge in [-0.05, 0) is 12.2 Å². The topological polar surface area (TPSA) is 78.9 Å². The highest BCUT2D eigenvalue weighted by Gasteiger charge is 2.14. The SMILES string of the molecule is O=C(O)COCCNC(=O)N1CCCSCC1. The molecule has 98 valence electrons. The van der Waals surface area contributed by atoms with E-state index in [-0.39, 0.29) is 19.2 Å². The summed E-state index contributed by atoms with van der Waals surface area (Å²) >= 11 is 1.86. The number of carboxylic acid groups (broad SMARTS) is 1. The van der Waals surface area contributed by atoms with Gasteiger partial charge in [-0.1, -0.05) is 0 Å². The van der Waals surface area contributed by atoms with E-state index in [0.29, 0.717) is 6.54 Å². The summed E-state index contributed by atoms with van der Waals surface area (Å²) in [6.45, 7) is 1.80. The molecule has 0 saturated carbocycles. The molecule has 2 N–H and O–H groups in total. The minimum absolute atomic E-state index is 0.0913. The van der Waals surface area contributed by atoms with Crippen molar-refractivity contribution in [2.75, 3.05) is 44.4 Å². The molecule has 0 unspecified atom stereocenters. The number of amides is 2. The van der Waals surface area contributed by atoms with Crippen LogP contribution >= 0.6 is 11.8 Å². The lowest BCUT2D eigenvalue weighted by Crippen LogP contribution is -2.42. The normalized spacial score (nSPS) is 16.4. The first kappa shape index (κ1) is 14.1. The number of urea groups is 1. The van der Waals surface area contributed by atoms with E-state index in [2.05, 4.69) is 5.32 Å². The molecule has 2 amide bonds. The van der Waals surface area contributed by atoms with E-state index in [9.17, 15) is 9.59 Å². The van der Waals surface area contributed by atoms with Gasteiger partial charge in [0.25, 0.3) is 0 Å². The van der Waals surface area contributed by atoms with Crippen LogP contribution in [0.1, 0.15) is 6.42 Å². The second-order valence-corrected chi connectivity index (χ2v) is 4.86. The predicted molar refractivity (Wildman–Crippen MR) is 65.4 cm³/mol. The van der Waals surface area contributed by atoms with E-state index < -0.39 is 5.97 Å². The van der Waals surface area contributed by atoms with Gasteiger partial charge < -0.3 is 20.1 Å². The van der Waals surface area contributed by atoms with E-state index in [0.717, 1.165) is 31.0 Å². The maximum Gasteiger partial charge on any atom is 0.329 e. The number of thioether (sulfide) groups is 1. The Morgan fingerprint density at radius 1 is 1.35 bits per heavy atom. The van der Waals surface area contributed by atoms with Crippen LogP contribution in [0.4, 0.5) is 4.79 Å². The van der Waals surface area contributed by atoms with Gasteiger partial charge in [0.2, 0.25) is 0 Å². The number of ether oxygens (including phenoxy) is 1. The molecule has 1 aliphatic rings. The van der Waals surface area contributed by atoms with Crippen molar-refractivity contribution in [2.24, 2.45) is 0 Å². The lowest BCUT2D eigenvalue weighted by molar-refractivity contribution is -0.142. The van der Waals surface area contributed by atoms with Crippen LogP contribution < -0.4 is 5.32 Å². The Balaban J connectivity index is 2.09. The third kappa shape index (κ3) is 6.38. The fourth-order valence-corrected chi connectivity index (χ4v) is 2.34. The number of carbonyl (C=O) groups is 2. The first-order chi connectivity index (χ1) is 8.20. The highest BCUT2D eigenvalue weighted by molar-refractivity contribution is 7.99. The Morgan fingerprint density at radius 3 is 2.94 bits per heavy atom. The Hall–Kier alpha value is -0.950. The van der Waals surface area contributed by atoms with E-state index >= 15 is 0 Å². The summed E-state index contributed by atoms with van der Waals surface area (Å²) in [5, 5.41) is 11.0. The van der Waals surface area contributed by atoms with Gasteiger partial charge in [-0.15, -0.1) is 0 Å². The van der Waals surface area contributed by atoms with Crippen molar-refractivity contribution in [3.8, 4) is 0 Å². The molecule has 6 nitrogen and oxygen atoms in total. The van der Waals surface area contributed by atoms with Crippen molar-refractivity contribution in [2.45, 2.75) is 6.42 Å². The summed E-state index contributed by atoms with van der Waals surface area (Å²) in [6, 6.07) is -0.0913. The Kier molecular flexibility index (Phi) is 6.80. The molecule has 0 aromatic carbocycles. The van der Waals surface area contributed by atoms with Gasteiger partial charge in [0.15, 0.2) is 0 Å². The largest absolute Gasteiger partial charge is 0.480 e. The van der Waals surface area contributed by atoms with Crippen LogP contribution in [0.5, 0.6) is 0 Å². The lowest BCUT2D eigenvalue weighted by atomic mass is 10.4. The molecule has 17 heavy (non-hydrogen) atoms. The smallest absolute Gasteiger partial charge is 0.329 e. The fraction of sp³-hybridized carbons (Fsp3) is 0.800. The summed E-state index contributed by atoms with van der Waals surface area (Å²) in [4.78, 5) is 23.6. The summed E-state index contributed by atoms with van der Waals surface area (Å²) in [7, 11) is 0. The van der Waals surface area contributed by atoms with Gasteiger partial charge in [-0.3, -0.25) is 0 Å². The number of nitrogens with one attached hydrogen (secondary N) is 1. The van der Waals surface area contributed by atoms with Crippen LogP contribution in [0, 0.1) is 0 Å². The Bertz CT molecular complexity index is 255. The standard InChI is InChI=1S/C10H18N2O4S/c13-9(14)8-16-5-2-11-10(15)12-3-1-6-17-7-4-12/h1-8H2,(H,11,15)(H,13,14). The molecular formula is C10H18N2O4S. The first-order valence-electron chi connectivity index (χ1n) is 5.60. The fourth-order valence-electron chi connectivity index (χ4n) is 1.45. The average molecular weight is 262 g/mol. The van der Waals surface area contributed by atoms with Crippen LogP contribution in [0.3, 0.4) is 0 Å². The highest BCUT2D eigenvalue weighted by atomic mass is 32.2. The molecule has 0 aromatic heterocycles. The molecule has 0 aromatic rings. The zero-order valence-electron chi connectivity index (χ0n) is 9.68. The monoisotopic (exact) mass is 262 g/mol. The summed E-state index contributed by atoms with van der Waals surface area (Å²) in [6.07, 6.45) is 1.02. The van der Waals surface area contributed by atoms with Crippen LogP contribution in [-0.4, -0.2) is 66.4 Å². The molecule has 1 saturated heterocycles. The number of rotatable bonds is 5. The van der Waals surface area contributed by atoms with Crippen LogP contribution in [0.15, 0.2) is 0 Å². The van der Waals surface area contributed by atoms with Crippen LogP contribution in [-0.2, 0) is 9.53 Å². The Labute approximate surface area is 105 Å². The number of hydrogen-bond acceptors (Lipinski definition) is 4. The van der Waals surface area contributed by atoms with Gasteiger partial charge in [0, 0.05) is 25.4 Å². The quantitative estimate of drug-likeness (QED) is 0.694. The van der Waals surface area contributed by atoms with Crippen molar-refractivity contribution in [3.05, 3.63) is 0 Å². The molecule has 0 atom stereocenters. The van der Waals surface area contributed by atoms with Gasteiger partial charge in [0.05, 0.1) is 6.61 Å². The van der Waals surface area contributed by atoms with Crippen molar-refractivity contribution in [1.82, 2.24) is 10.2 Å². The zero-order valence-corrected chi connectivity index (χ0v) is 10.5. The van der Waals surface area contributed by atoms with Crippen molar-refractivity contribution >= 4 is 23.8 Å². The molecule has 0 radical (unpaired) electrons. The molecular weight excluding hydrogens is 244 g/mol. The van der Waals surface area contributed by atoms with E-state index in [4.69, 9.17) is 9.84 Å². The zero-order chi connectivity index (χ0) is 12.5. The summed E-state index contributed by atoms with van der Waals surface area (Å²) in [5.74, 6) is 1.08. The Morgan fingerprint density at radius 2 is 2.18 bits per heavy atom. The highest BCUT2D eigenvalue weighted by Crippen LogP contribution is 2.09.